The Balaban J connectivity index is 2.12. The lowest BCUT2D eigenvalue weighted by Gasteiger charge is -2.15. The van der Waals surface area contributed by atoms with E-state index in [4.69, 9.17) is 11.6 Å². The van der Waals surface area contributed by atoms with Crippen molar-refractivity contribution in [3.05, 3.63) is 33.0 Å². The molecule has 1 N–H and O–H groups in total. The first kappa shape index (κ1) is 15.4. The Hall–Kier alpha value is -0.950. The van der Waals surface area contributed by atoms with Crippen molar-refractivity contribution < 1.29 is 5.11 Å². The average Bonchev–Trinajstić information content (AvgIpc) is 2.93. The lowest BCUT2D eigenvalue weighted by molar-refractivity contribution is 0.165. The van der Waals surface area contributed by atoms with Crippen LogP contribution in [0.15, 0.2) is 11.6 Å². The largest absolute Gasteiger partial charge is 0.386 e. The number of halogens is 1. The van der Waals surface area contributed by atoms with Crippen molar-refractivity contribution in [3.8, 4) is 0 Å². The van der Waals surface area contributed by atoms with Crippen molar-refractivity contribution in [3.63, 3.8) is 0 Å². The van der Waals surface area contributed by atoms with Crippen molar-refractivity contribution in [2.75, 3.05) is 20.6 Å². The zero-order chi connectivity index (χ0) is 14.7. The van der Waals surface area contributed by atoms with Crippen LogP contribution in [0.5, 0.6) is 0 Å². The third kappa shape index (κ3) is 3.79. The van der Waals surface area contributed by atoms with Gasteiger partial charge in [0.1, 0.15) is 6.10 Å². The molecule has 0 radical (unpaired) electrons. The molecule has 0 saturated heterocycles. The molecular weight excluding hydrogens is 296 g/mol. The molecule has 0 bridgehead atoms. The van der Waals surface area contributed by atoms with E-state index in [-0.39, 0.29) is 0 Å². The van der Waals surface area contributed by atoms with Gasteiger partial charge < -0.3 is 10.0 Å². The predicted molar refractivity (Wildman–Crippen MR) is 81.3 cm³/mol. The summed E-state index contributed by atoms with van der Waals surface area (Å²) >= 11 is 7.71. The second kappa shape index (κ2) is 6.67. The summed E-state index contributed by atoms with van der Waals surface area (Å²) in [5.74, 6) is 0. The van der Waals surface area contributed by atoms with Crippen LogP contribution in [-0.4, -0.2) is 45.4 Å². The summed E-state index contributed by atoms with van der Waals surface area (Å²) in [5.41, 5.74) is 1.64. The zero-order valence-corrected chi connectivity index (χ0v) is 13.4. The molecule has 0 fully saturated rings. The minimum atomic E-state index is -0.683. The first-order valence-corrected chi connectivity index (χ1v) is 7.68. The van der Waals surface area contributed by atoms with E-state index in [0.29, 0.717) is 23.7 Å². The van der Waals surface area contributed by atoms with Crippen molar-refractivity contribution in [1.82, 2.24) is 19.7 Å². The number of hydrogen-bond acceptors (Lipinski definition) is 5. The SMILES string of the molecule is Cc1csc(CC(O)c2c(Cl)cnn2CCN(C)C)n1. The number of aryl methyl sites for hydroxylation is 1. The topological polar surface area (TPSA) is 54.2 Å². The van der Waals surface area contributed by atoms with Gasteiger partial charge in [0.2, 0.25) is 0 Å². The zero-order valence-electron chi connectivity index (χ0n) is 11.9. The van der Waals surface area contributed by atoms with E-state index in [1.165, 1.54) is 0 Å². The summed E-state index contributed by atoms with van der Waals surface area (Å²) in [5, 5.41) is 18.0. The molecule has 0 aromatic carbocycles. The van der Waals surface area contributed by atoms with Gasteiger partial charge in [-0.1, -0.05) is 11.6 Å². The first-order chi connectivity index (χ1) is 9.47. The second-order valence-corrected chi connectivity index (χ2v) is 6.36. The number of aromatic nitrogens is 3. The molecule has 1 atom stereocenters. The number of thiazole rings is 1. The monoisotopic (exact) mass is 314 g/mol. The highest BCUT2D eigenvalue weighted by molar-refractivity contribution is 7.09. The smallest absolute Gasteiger partial charge is 0.103 e. The molecule has 2 heterocycles. The van der Waals surface area contributed by atoms with Crippen LogP contribution in [0.1, 0.15) is 22.5 Å². The van der Waals surface area contributed by atoms with Crippen molar-refractivity contribution in [2.45, 2.75) is 26.0 Å². The van der Waals surface area contributed by atoms with Crippen LogP contribution in [0, 0.1) is 6.92 Å². The molecule has 0 amide bonds. The Bertz CT molecular complexity index is 566. The summed E-state index contributed by atoms with van der Waals surface area (Å²) in [6.07, 6.45) is 1.37. The van der Waals surface area contributed by atoms with Gasteiger partial charge in [-0.25, -0.2) is 4.98 Å². The Kier molecular flexibility index (Phi) is 5.15. The fraction of sp³-hybridized carbons (Fsp3) is 0.538. The van der Waals surface area contributed by atoms with Gasteiger partial charge in [0, 0.05) is 24.0 Å². The van der Waals surface area contributed by atoms with E-state index in [2.05, 4.69) is 15.0 Å². The Morgan fingerprint density at radius 3 is 2.85 bits per heavy atom. The molecule has 0 aliphatic rings. The van der Waals surface area contributed by atoms with E-state index < -0.39 is 6.10 Å². The van der Waals surface area contributed by atoms with E-state index >= 15 is 0 Å². The molecule has 0 aliphatic heterocycles. The fourth-order valence-electron chi connectivity index (χ4n) is 1.93. The summed E-state index contributed by atoms with van der Waals surface area (Å²) in [7, 11) is 4.00. The van der Waals surface area contributed by atoms with E-state index in [0.717, 1.165) is 17.2 Å². The summed E-state index contributed by atoms with van der Waals surface area (Å²) < 4.78 is 1.77. The third-order valence-corrected chi connectivity index (χ3v) is 4.22. The minimum Gasteiger partial charge on any atom is -0.386 e. The van der Waals surface area contributed by atoms with Gasteiger partial charge in [-0.15, -0.1) is 11.3 Å². The maximum atomic E-state index is 10.4. The highest BCUT2D eigenvalue weighted by Crippen LogP contribution is 2.26. The van der Waals surface area contributed by atoms with Crippen LogP contribution in [0.2, 0.25) is 5.02 Å². The maximum absolute atomic E-state index is 10.4. The van der Waals surface area contributed by atoms with Gasteiger partial charge in [-0.3, -0.25) is 4.68 Å². The molecule has 110 valence electrons. The number of likely N-dealkylation sites (N-methyl/N-ethyl adjacent to an activating group) is 1. The lowest BCUT2D eigenvalue weighted by atomic mass is 10.2. The number of hydrogen-bond donors (Lipinski definition) is 1. The Morgan fingerprint density at radius 1 is 1.50 bits per heavy atom. The number of nitrogens with zero attached hydrogens (tertiary/aromatic N) is 4. The number of aliphatic hydroxyl groups is 1. The van der Waals surface area contributed by atoms with E-state index in [1.54, 1.807) is 22.2 Å². The molecule has 1 unspecified atom stereocenters. The van der Waals surface area contributed by atoms with Crippen LogP contribution >= 0.6 is 22.9 Å². The molecule has 0 aliphatic carbocycles. The van der Waals surface area contributed by atoms with Crippen molar-refractivity contribution >= 4 is 22.9 Å². The first-order valence-electron chi connectivity index (χ1n) is 6.42. The van der Waals surface area contributed by atoms with Gasteiger partial charge in [-0.05, 0) is 21.0 Å². The van der Waals surface area contributed by atoms with Gasteiger partial charge in [0.05, 0.1) is 28.5 Å². The normalized spacial score (nSPS) is 13.1. The molecule has 20 heavy (non-hydrogen) atoms. The highest BCUT2D eigenvalue weighted by atomic mass is 35.5. The van der Waals surface area contributed by atoms with Crippen LogP contribution in [0.25, 0.3) is 0 Å². The maximum Gasteiger partial charge on any atom is 0.103 e. The lowest BCUT2D eigenvalue weighted by Crippen LogP contribution is -2.21. The van der Waals surface area contributed by atoms with Gasteiger partial charge >= 0.3 is 0 Å². The van der Waals surface area contributed by atoms with Crippen molar-refractivity contribution in [2.24, 2.45) is 0 Å². The molecule has 7 heteroatoms. The minimum absolute atomic E-state index is 0.464. The standard InChI is InChI=1S/C13H19ClN4OS/c1-9-8-20-12(16-9)6-11(19)13-10(14)7-15-18(13)5-4-17(2)3/h7-8,11,19H,4-6H2,1-3H3. The van der Waals surface area contributed by atoms with Gasteiger partial charge in [-0.2, -0.15) is 5.10 Å². The number of aliphatic hydroxyl groups excluding tert-OH is 1. The molecule has 0 saturated carbocycles. The summed E-state index contributed by atoms with van der Waals surface area (Å²) in [6.45, 7) is 3.48. The van der Waals surface area contributed by atoms with Crippen LogP contribution < -0.4 is 0 Å². The average molecular weight is 315 g/mol. The number of rotatable bonds is 6. The molecular formula is C13H19ClN4OS. The van der Waals surface area contributed by atoms with E-state index in [1.807, 2.05) is 26.4 Å². The molecule has 2 aromatic heterocycles. The van der Waals surface area contributed by atoms with E-state index in [9.17, 15) is 5.11 Å². The van der Waals surface area contributed by atoms with Gasteiger partial charge in [0.15, 0.2) is 0 Å². The highest BCUT2D eigenvalue weighted by Gasteiger charge is 2.19. The Morgan fingerprint density at radius 2 is 2.25 bits per heavy atom. The van der Waals surface area contributed by atoms with Gasteiger partial charge in [0.25, 0.3) is 0 Å². The summed E-state index contributed by atoms with van der Waals surface area (Å²) in [6, 6.07) is 0. The Labute approximate surface area is 127 Å². The second-order valence-electron chi connectivity index (χ2n) is 5.01. The van der Waals surface area contributed by atoms with Crippen LogP contribution in [-0.2, 0) is 13.0 Å². The third-order valence-electron chi connectivity index (χ3n) is 2.94. The predicted octanol–water partition coefficient (Wildman–Crippen LogP) is 2.14. The molecule has 0 spiro atoms. The summed E-state index contributed by atoms with van der Waals surface area (Å²) in [4.78, 5) is 6.44. The van der Waals surface area contributed by atoms with Crippen LogP contribution in [0.3, 0.4) is 0 Å². The molecule has 2 aromatic rings. The quantitative estimate of drug-likeness (QED) is 0.887. The fourth-order valence-corrected chi connectivity index (χ4v) is 3.01. The van der Waals surface area contributed by atoms with Crippen molar-refractivity contribution in [1.29, 1.82) is 0 Å². The molecule has 5 nitrogen and oxygen atoms in total. The van der Waals surface area contributed by atoms with Crippen LogP contribution in [0.4, 0.5) is 0 Å². The molecule has 2 rings (SSSR count).